The Morgan fingerprint density at radius 3 is 2.28 bits per heavy atom. The summed E-state index contributed by atoms with van der Waals surface area (Å²) in [5.74, 6) is -1.84. The third-order valence-corrected chi connectivity index (χ3v) is 7.14. The second-order valence-electron chi connectivity index (χ2n) is 9.16. The first-order valence-corrected chi connectivity index (χ1v) is 12.0. The topological polar surface area (TPSA) is 43.9 Å². The molecule has 11 heteroatoms. The fourth-order valence-corrected chi connectivity index (χ4v) is 4.70. The van der Waals surface area contributed by atoms with Gasteiger partial charge >= 0.3 is 6.18 Å². The van der Waals surface area contributed by atoms with E-state index in [9.17, 15) is 27.2 Å². The van der Waals surface area contributed by atoms with E-state index in [0.29, 0.717) is 28.7 Å². The van der Waals surface area contributed by atoms with Gasteiger partial charge in [0.05, 0.1) is 15.6 Å². The summed E-state index contributed by atoms with van der Waals surface area (Å²) in [7, 11) is 5.02. The van der Waals surface area contributed by atoms with Crippen molar-refractivity contribution in [3.63, 3.8) is 0 Å². The molecule has 2 aromatic carbocycles. The molecule has 0 unspecified atom stereocenters. The van der Waals surface area contributed by atoms with Gasteiger partial charge in [0.15, 0.2) is 0 Å². The first-order chi connectivity index (χ1) is 16.8. The molecule has 0 aromatic heterocycles. The minimum atomic E-state index is -4.77. The van der Waals surface area contributed by atoms with E-state index in [1.807, 2.05) is 11.0 Å². The molecule has 0 spiro atoms. The highest BCUT2D eigenvalue weighted by Gasteiger charge is 2.39. The number of likely N-dealkylation sites (N-methyl/N-ethyl adjacent to an activating group) is 1. The Kier molecular flexibility index (Phi) is 8.90. The number of rotatable bonds is 7. The van der Waals surface area contributed by atoms with E-state index in [-0.39, 0.29) is 43.2 Å². The summed E-state index contributed by atoms with van der Waals surface area (Å²) >= 11 is 12.3. The van der Waals surface area contributed by atoms with Crippen LogP contribution in [0, 0.1) is 5.82 Å². The maximum atomic E-state index is 14.1. The normalized spacial score (nSPS) is 18.1. The highest BCUT2D eigenvalue weighted by atomic mass is 35.5. The van der Waals surface area contributed by atoms with Gasteiger partial charge in [0.2, 0.25) is 11.8 Å². The number of nitrogens with zero attached hydrogens (tertiary/aromatic N) is 3. The highest BCUT2D eigenvalue weighted by Crippen LogP contribution is 2.36. The summed E-state index contributed by atoms with van der Waals surface area (Å²) in [5.41, 5.74) is -0.0933. The highest BCUT2D eigenvalue weighted by molar-refractivity contribution is 6.42. The number of alkyl halides is 3. The van der Waals surface area contributed by atoms with Gasteiger partial charge in [-0.3, -0.25) is 14.5 Å². The molecule has 1 saturated heterocycles. The number of halogens is 6. The SMILES string of the molecule is CN(C)C(=O)CCC(=O)N1C[C@H](c2ccc(Cl)c(Cl)c2)[C@H](N(C)Cc2ccc(C(F)(F)F)c(F)c2)C1. The first-order valence-electron chi connectivity index (χ1n) is 11.3. The molecule has 0 N–H and O–H groups in total. The summed E-state index contributed by atoms with van der Waals surface area (Å²) in [6.07, 6.45) is -4.62. The molecular weight excluding hydrogens is 521 g/mol. The van der Waals surface area contributed by atoms with Crippen LogP contribution in [0.15, 0.2) is 36.4 Å². The van der Waals surface area contributed by atoms with Crippen molar-refractivity contribution < 1.29 is 27.2 Å². The molecule has 2 aromatic rings. The monoisotopic (exact) mass is 547 g/mol. The van der Waals surface area contributed by atoms with E-state index in [1.54, 1.807) is 38.2 Å². The Labute approximate surface area is 217 Å². The standard InChI is InChI=1S/C25H27Cl2F4N3O2/c1-32(2)23(35)8-9-24(36)34-13-17(16-5-7-19(26)20(27)11-16)22(14-34)33(3)12-15-4-6-18(21(28)10-15)25(29,30)31/h4-7,10-11,17,22H,8-9,12-14H2,1-3H3/t17-,22-/m1/s1. The molecule has 36 heavy (non-hydrogen) atoms. The first kappa shape index (κ1) is 28.2. The number of hydrogen-bond donors (Lipinski definition) is 0. The van der Waals surface area contributed by atoms with Crippen molar-refractivity contribution in [1.82, 2.24) is 14.7 Å². The molecule has 5 nitrogen and oxygen atoms in total. The second kappa shape index (κ2) is 11.4. The van der Waals surface area contributed by atoms with E-state index in [1.165, 1.54) is 11.0 Å². The largest absolute Gasteiger partial charge is 0.419 e. The molecule has 0 saturated carbocycles. The lowest BCUT2D eigenvalue weighted by molar-refractivity contribution is -0.140. The molecule has 1 aliphatic heterocycles. The predicted molar refractivity (Wildman–Crippen MR) is 130 cm³/mol. The van der Waals surface area contributed by atoms with Crippen molar-refractivity contribution in [3.05, 3.63) is 69.0 Å². The maximum Gasteiger partial charge on any atom is 0.419 e. The van der Waals surface area contributed by atoms with E-state index in [0.717, 1.165) is 17.7 Å². The van der Waals surface area contributed by atoms with E-state index >= 15 is 0 Å². The second-order valence-corrected chi connectivity index (χ2v) is 9.98. The molecule has 1 aliphatic rings. The van der Waals surface area contributed by atoms with Crippen LogP contribution in [0.25, 0.3) is 0 Å². The molecule has 1 fully saturated rings. The number of amides is 2. The van der Waals surface area contributed by atoms with Crippen molar-refractivity contribution in [1.29, 1.82) is 0 Å². The third-order valence-electron chi connectivity index (χ3n) is 6.40. The van der Waals surface area contributed by atoms with Gasteiger partial charge in [0.25, 0.3) is 0 Å². The van der Waals surface area contributed by atoms with Crippen LogP contribution < -0.4 is 0 Å². The molecule has 1 heterocycles. The maximum absolute atomic E-state index is 14.1. The van der Waals surface area contributed by atoms with Gasteiger partial charge in [-0.05, 0) is 42.4 Å². The minimum absolute atomic E-state index is 0.0612. The fraction of sp³-hybridized carbons (Fsp3) is 0.440. The molecule has 0 bridgehead atoms. The Morgan fingerprint density at radius 1 is 1.00 bits per heavy atom. The van der Waals surface area contributed by atoms with Gasteiger partial charge in [0.1, 0.15) is 5.82 Å². The number of likely N-dealkylation sites (tertiary alicyclic amines) is 1. The third kappa shape index (κ3) is 6.69. The lowest BCUT2D eigenvalue weighted by Crippen LogP contribution is -2.38. The smallest absolute Gasteiger partial charge is 0.349 e. The quantitative estimate of drug-likeness (QED) is 0.433. The molecule has 0 radical (unpaired) electrons. The summed E-state index contributed by atoms with van der Waals surface area (Å²) in [6.45, 7) is 0.863. The molecular formula is C25H27Cl2F4N3O2. The van der Waals surface area contributed by atoms with E-state index < -0.39 is 17.6 Å². The number of carbonyl (C=O) groups is 2. The van der Waals surface area contributed by atoms with Crippen LogP contribution in [-0.2, 0) is 22.3 Å². The molecule has 2 amide bonds. The van der Waals surface area contributed by atoms with Gasteiger partial charge < -0.3 is 9.80 Å². The van der Waals surface area contributed by atoms with Crippen LogP contribution in [0.2, 0.25) is 10.0 Å². The summed E-state index contributed by atoms with van der Waals surface area (Å²) in [4.78, 5) is 29.8. The van der Waals surface area contributed by atoms with Crippen molar-refractivity contribution in [2.24, 2.45) is 0 Å². The molecule has 196 valence electrons. The van der Waals surface area contributed by atoms with Crippen LogP contribution in [0.5, 0.6) is 0 Å². The molecule has 0 aliphatic carbocycles. The van der Waals surface area contributed by atoms with Gasteiger partial charge in [0, 0.05) is 58.5 Å². The van der Waals surface area contributed by atoms with Crippen molar-refractivity contribution in [2.75, 3.05) is 34.2 Å². The summed E-state index contributed by atoms with van der Waals surface area (Å²) in [5, 5.41) is 0.750. The molecule has 2 atom stereocenters. The minimum Gasteiger partial charge on any atom is -0.349 e. The van der Waals surface area contributed by atoms with Crippen LogP contribution in [0.4, 0.5) is 17.6 Å². The van der Waals surface area contributed by atoms with Gasteiger partial charge in [-0.2, -0.15) is 13.2 Å². The zero-order valence-electron chi connectivity index (χ0n) is 20.1. The van der Waals surface area contributed by atoms with E-state index in [4.69, 9.17) is 23.2 Å². The fourth-order valence-electron chi connectivity index (χ4n) is 4.40. The van der Waals surface area contributed by atoms with Gasteiger partial charge in [-0.15, -0.1) is 0 Å². The van der Waals surface area contributed by atoms with Crippen LogP contribution in [0.3, 0.4) is 0 Å². The van der Waals surface area contributed by atoms with Gasteiger partial charge in [-0.25, -0.2) is 4.39 Å². The zero-order valence-corrected chi connectivity index (χ0v) is 21.6. The van der Waals surface area contributed by atoms with Crippen LogP contribution >= 0.6 is 23.2 Å². The van der Waals surface area contributed by atoms with Crippen LogP contribution in [-0.4, -0.2) is 66.8 Å². The van der Waals surface area contributed by atoms with E-state index in [2.05, 4.69) is 0 Å². The number of carbonyl (C=O) groups excluding carboxylic acids is 2. The lowest BCUT2D eigenvalue weighted by Gasteiger charge is -2.29. The van der Waals surface area contributed by atoms with Gasteiger partial charge in [-0.1, -0.05) is 35.3 Å². The molecule has 3 rings (SSSR count). The van der Waals surface area contributed by atoms with Crippen molar-refractivity contribution in [2.45, 2.75) is 37.5 Å². The summed E-state index contributed by atoms with van der Waals surface area (Å²) < 4.78 is 52.9. The lowest BCUT2D eigenvalue weighted by atomic mass is 9.93. The Bertz CT molecular complexity index is 1130. The van der Waals surface area contributed by atoms with Crippen LogP contribution in [0.1, 0.15) is 35.4 Å². The zero-order chi connectivity index (χ0) is 26.8. The van der Waals surface area contributed by atoms with Crippen molar-refractivity contribution >= 4 is 35.0 Å². The summed E-state index contributed by atoms with van der Waals surface area (Å²) in [6, 6.07) is 7.86. The van der Waals surface area contributed by atoms with Crippen molar-refractivity contribution in [3.8, 4) is 0 Å². The Morgan fingerprint density at radius 2 is 1.69 bits per heavy atom. The average molecular weight is 548 g/mol. The number of hydrogen-bond acceptors (Lipinski definition) is 3. The average Bonchev–Trinajstić information content (AvgIpc) is 3.24. The Balaban J connectivity index is 1.82. The predicted octanol–water partition coefficient (Wildman–Crippen LogP) is 5.45. The Hall–Kier alpha value is -2.36. The number of benzene rings is 2.